The molecule has 7 heteroatoms. The first-order chi connectivity index (χ1) is 9.99. The second-order valence-corrected chi connectivity index (χ2v) is 7.63. The molecule has 2 N–H and O–H groups in total. The monoisotopic (exact) mass is 330 g/mol. The number of sulfone groups is 1. The fraction of sp³-hybridized carbons (Fsp3) is 0.500. The van der Waals surface area contributed by atoms with Gasteiger partial charge in [0.15, 0.2) is 9.84 Å². The first kappa shape index (κ1) is 16.3. The number of benzene rings is 1. The number of nitrogens with one attached hydrogen (secondary N) is 2. The molecule has 1 aromatic rings. The second kappa shape index (κ2) is 7.24. The molecule has 0 radical (unpaired) electrons. The van der Waals surface area contributed by atoms with Crippen LogP contribution in [0.2, 0.25) is 5.02 Å². The molecule has 0 unspecified atom stereocenters. The van der Waals surface area contributed by atoms with Gasteiger partial charge in [-0.3, -0.25) is 4.79 Å². The summed E-state index contributed by atoms with van der Waals surface area (Å²) >= 11 is 5.74. The molecular weight excluding hydrogens is 312 g/mol. The van der Waals surface area contributed by atoms with E-state index < -0.39 is 9.84 Å². The number of hydrogen-bond donors (Lipinski definition) is 2. The third-order valence-electron chi connectivity index (χ3n) is 3.55. The van der Waals surface area contributed by atoms with Gasteiger partial charge in [-0.25, -0.2) is 8.42 Å². The number of piperidine rings is 1. The average Bonchev–Trinajstić information content (AvgIpc) is 2.48. The fourth-order valence-electron chi connectivity index (χ4n) is 2.30. The lowest BCUT2D eigenvalue weighted by atomic mass is 9.97. The maximum absolute atomic E-state index is 12.1. The lowest BCUT2D eigenvalue weighted by Gasteiger charge is -2.21. The van der Waals surface area contributed by atoms with Crippen molar-refractivity contribution in [2.75, 3.05) is 25.4 Å². The van der Waals surface area contributed by atoms with E-state index in [1.807, 2.05) is 0 Å². The molecule has 1 aliphatic heterocycles. The number of hydrogen-bond acceptors (Lipinski definition) is 4. The zero-order valence-corrected chi connectivity index (χ0v) is 13.2. The summed E-state index contributed by atoms with van der Waals surface area (Å²) in [4.78, 5) is 12.1. The summed E-state index contributed by atoms with van der Waals surface area (Å²) in [6.45, 7) is 1.80. The Morgan fingerprint density at radius 2 is 1.86 bits per heavy atom. The van der Waals surface area contributed by atoms with Crippen molar-refractivity contribution < 1.29 is 13.2 Å². The molecule has 2 rings (SSSR count). The van der Waals surface area contributed by atoms with Crippen LogP contribution in [0.25, 0.3) is 0 Å². The number of carbonyl (C=O) groups excluding carboxylic acids is 1. The van der Waals surface area contributed by atoms with Gasteiger partial charge in [0.1, 0.15) is 0 Å². The maximum atomic E-state index is 12.1. The minimum absolute atomic E-state index is 0.00974. The van der Waals surface area contributed by atoms with Gasteiger partial charge in [-0.15, -0.1) is 0 Å². The molecule has 1 fully saturated rings. The molecule has 0 bridgehead atoms. The Bertz CT molecular complexity index is 581. The van der Waals surface area contributed by atoms with E-state index in [4.69, 9.17) is 11.6 Å². The zero-order valence-electron chi connectivity index (χ0n) is 11.6. The molecule has 0 atom stereocenters. The fourth-order valence-corrected chi connectivity index (χ4v) is 3.58. The molecule has 0 saturated carbocycles. The Kier molecular flexibility index (Phi) is 5.61. The van der Waals surface area contributed by atoms with Crippen LogP contribution >= 0.6 is 11.6 Å². The van der Waals surface area contributed by atoms with Crippen molar-refractivity contribution >= 4 is 27.3 Å². The van der Waals surface area contributed by atoms with E-state index in [1.165, 1.54) is 12.1 Å². The minimum Gasteiger partial charge on any atom is -0.355 e. The highest BCUT2D eigenvalue weighted by Gasteiger charge is 2.21. The molecule has 1 aliphatic rings. The second-order valence-electron chi connectivity index (χ2n) is 5.09. The number of rotatable bonds is 5. The Morgan fingerprint density at radius 1 is 1.24 bits per heavy atom. The van der Waals surface area contributed by atoms with Crippen LogP contribution in [0, 0.1) is 5.92 Å². The van der Waals surface area contributed by atoms with E-state index in [2.05, 4.69) is 10.6 Å². The molecule has 0 aliphatic carbocycles. The summed E-state index contributed by atoms with van der Waals surface area (Å²) in [5.74, 6) is -0.169. The van der Waals surface area contributed by atoms with Crippen molar-refractivity contribution in [3.8, 4) is 0 Å². The first-order valence-electron chi connectivity index (χ1n) is 6.96. The first-order valence-corrected chi connectivity index (χ1v) is 8.99. The molecule has 21 heavy (non-hydrogen) atoms. The lowest BCUT2D eigenvalue weighted by molar-refractivity contribution is -0.125. The molecular formula is C14H19ClN2O3S. The van der Waals surface area contributed by atoms with Crippen LogP contribution in [0.15, 0.2) is 29.2 Å². The Labute approximate surface area is 130 Å². The van der Waals surface area contributed by atoms with E-state index in [-0.39, 0.29) is 29.0 Å². The molecule has 0 aromatic heterocycles. The largest absolute Gasteiger partial charge is 0.355 e. The highest BCUT2D eigenvalue weighted by molar-refractivity contribution is 7.91. The lowest BCUT2D eigenvalue weighted by Crippen LogP contribution is -2.39. The minimum atomic E-state index is -3.39. The summed E-state index contributed by atoms with van der Waals surface area (Å²) in [6, 6.07) is 6.04. The predicted molar refractivity (Wildman–Crippen MR) is 82.1 cm³/mol. The smallest absolute Gasteiger partial charge is 0.223 e. The molecule has 1 amide bonds. The van der Waals surface area contributed by atoms with Crippen molar-refractivity contribution in [2.45, 2.75) is 17.7 Å². The standard InChI is InChI=1S/C14H19ClN2O3S/c15-12-1-3-13(4-2-12)21(19,20)10-9-17-14(18)11-5-7-16-8-6-11/h1-4,11,16H,5-10H2,(H,17,18). The zero-order chi connectivity index (χ0) is 15.3. The molecule has 1 heterocycles. The SMILES string of the molecule is O=C(NCCS(=O)(=O)c1ccc(Cl)cc1)C1CCNCC1. The van der Waals surface area contributed by atoms with Crippen LogP contribution in [-0.4, -0.2) is 39.7 Å². The van der Waals surface area contributed by atoms with Crippen LogP contribution in [0.5, 0.6) is 0 Å². The highest BCUT2D eigenvalue weighted by Crippen LogP contribution is 2.15. The quantitative estimate of drug-likeness (QED) is 0.851. The van der Waals surface area contributed by atoms with Crippen molar-refractivity contribution in [1.29, 1.82) is 0 Å². The Morgan fingerprint density at radius 3 is 2.48 bits per heavy atom. The van der Waals surface area contributed by atoms with Gasteiger partial charge < -0.3 is 10.6 Å². The third-order valence-corrected chi connectivity index (χ3v) is 5.54. The van der Waals surface area contributed by atoms with Crippen LogP contribution in [-0.2, 0) is 14.6 Å². The average molecular weight is 331 g/mol. The molecule has 1 saturated heterocycles. The molecule has 1 aromatic carbocycles. The number of carbonyl (C=O) groups is 1. The van der Waals surface area contributed by atoms with Gasteiger partial charge in [0.05, 0.1) is 10.6 Å². The van der Waals surface area contributed by atoms with Gasteiger partial charge >= 0.3 is 0 Å². The van der Waals surface area contributed by atoms with Crippen molar-refractivity contribution in [1.82, 2.24) is 10.6 Å². The molecule has 0 spiro atoms. The van der Waals surface area contributed by atoms with E-state index in [0.717, 1.165) is 25.9 Å². The van der Waals surface area contributed by atoms with E-state index in [0.29, 0.717) is 5.02 Å². The summed E-state index contributed by atoms with van der Waals surface area (Å²) in [5, 5.41) is 6.40. The van der Waals surface area contributed by atoms with Gasteiger partial charge in [0.25, 0.3) is 0 Å². The third kappa shape index (κ3) is 4.69. The summed E-state index contributed by atoms with van der Waals surface area (Å²) < 4.78 is 24.2. The van der Waals surface area contributed by atoms with Gasteiger partial charge in [-0.2, -0.15) is 0 Å². The van der Waals surface area contributed by atoms with Gasteiger partial charge in [0, 0.05) is 17.5 Å². The summed E-state index contributed by atoms with van der Waals surface area (Å²) in [7, 11) is -3.39. The van der Waals surface area contributed by atoms with Crippen LogP contribution in [0.4, 0.5) is 0 Å². The molecule has 5 nitrogen and oxygen atoms in total. The van der Waals surface area contributed by atoms with Crippen molar-refractivity contribution in [3.63, 3.8) is 0 Å². The Hall–Kier alpha value is -1.11. The normalized spacial score (nSPS) is 16.6. The number of halogens is 1. The van der Waals surface area contributed by atoms with E-state index in [1.54, 1.807) is 12.1 Å². The topological polar surface area (TPSA) is 75.3 Å². The van der Waals surface area contributed by atoms with Crippen molar-refractivity contribution in [2.24, 2.45) is 5.92 Å². The van der Waals surface area contributed by atoms with Crippen LogP contribution in [0.1, 0.15) is 12.8 Å². The Balaban J connectivity index is 1.84. The van der Waals surface area contributed by atoms with E-state index >= 15 is 0 Å². The maximum Gasteiger partial charge on any atom is 0.223 e. The van der Waals surface area contributed by atoms with Gasteiger partial charge in [-0.05, 0) is 50.2 Å². The predicted octanol–water partition coefficient (Wildman–Crippen LogP) is 1.23. The highest BCUT2D eigenvalue weighted by atomic mass is 35.5. The van der Waals surface area contributed by atoms with Gasteiger partial charge in [0.2, 0.25) is 5.91 Å². The van der Waals surface area contributed by atoms with Crippen molar-refractivity contribution in [3.05, 3.63) is 29.3 Å². The summed E-state index contributed by atoms with van der Waals surface area (Å²) in [6.07, 6.45) is 1.60. The van der Waals surface area contributed by atoms with Crippen LogP contribution < -0.4 is 10.6 Å². The van der Waals surface area contributed by atoms with Gasteiger partial charge in [-0.1, -0.05) is 11.6 Å². The van der Waals surface area contributed by atoms with Crippen LogP contribution in [0.3, 0.4) is 0 Å². The summed E-state index contributed by atoms with van der Waals surface area (Å²) in [5.41, 5.74) is 0. The van der Waals surface area contributed by atoms with E-state index in [9.17, 15) is 13.2 Å². The molecule has 116 valence electrons. The number of amides is 1.